The van der Waals surface area contributed by atoms with Crippen LogP contribution in [0.25, 0.3) is 10.9 Å². The molecule has 1 atom stereocenters. The van der Waals surface area contributed by atoms with Gasteiger partial charge in [-0.05, 0) is 30.5 Å². The first kappa shape index (κ1) is 18.5. The van der Waals surface area contributed by atoms with Gasteiger partial charge < -0.3 is 20.4 Å². The van der Waals surface area contributed by atoms with Crippen LogP contribution in [0.5, 0.6) is 0 Å². The van der Waals surface area contributed by atoms with Crippen molar-refractivity contribution in [3.63, 3.8) is 0 Å². The molecular formula is C21H23N3O3. The maximum atomic E-state index is 12.2. The lowest BCUT2D eigenvalue weighted by Gasteiger charge is -2.14. The van der Waals surface area contributed by atoms with Gasteiger partial charge in [-0.2, -0.15) is 0 Å². The van der Waals surface area contributed by atoms with Crippen LogP contribution in [0.15, 0.2) is 60.8 Å². The van der Waals surface area contributed by atoms with Gasteiger partial charge in [-0.3, -0.25) is 4.79 Å². The van der Waals surface area contributed by atoms with E-state index in [1.807, 2.05) is 54.7 Å². The van der Waals surface area contributed by atoms with Crippen LogP contribution in [0.3, 0.4) is 0 Å². The molecule has 0 bridgehead atoms. The summed E-state index contributed by atoms with van der Waals surface area (Å²) in [6.45, 7) is 2.29. The molecule has 6 nitrogen and oxygen atoms in total. The number of ether oxygens (including phenoxy) is 1. The summed E-state index contributed by atoms with van der Waals surface area (Å²) in [5, 5.41) is 6.54. The number of para-hydroxylation sites is 1. The van der Waals surface area contributed by atoms with Crippen LogP contribution in [0.2, 0.25) is 0 Å². The van der Waals surface area contributed by atoms with E-state index >= 15 is 0 Å². The van der Waals surface area contributed by atoms with Gasteiger partial charge >= 0.3 is 6.09 Å². The zero-order valence-electron chi connectivity index (χ0n) is 15.2. The molecule has 140 valence electrons. The number of nitrogens with one attached hydrogen (secondary N) is 3. The second kappa shape index (κ2) is 8.89. The largest absolute Gasteiger partial charge is 0.445 e. The fourth-order valence-electron chi connectivity index (χ4n) is 2.82. The van der Waals surface area contributed by atoms with Gasteiger partial charge in [0, 0.05) is 23.6 Å². The second-order valence-corrected chi connectivity index (χ2v) is 6.33. The molecular weight excluding hydrogens is 342 g/mol. The summed E-state index contributed by atoms with van der Waals surface area (Å²) in [5.74, 6) is -0.244. The molecule has 2 aromatic carbocycles. The third-order valence-corrected chi connectivity index (χ3v) is 4.31. The molecule has 1 heterocycles. The van der Waals surface area contributed by atoms with Gasteiger partial charge in [0.25, 0.3) is 0 Å². The molecule has 3 N–H and O–H groups in total. The van der Waals surface area contributed by atoms with Crippen LogP contribution < -0.4 is 10.6 Å². The van der Waals surface area contributed by atoms with Gasteiger partial charge in [-0.15, -0.1) is 0 Å². The molecule has 0 aliphatic heterocycles. The summed E-state index contributed by atoms with van der Waals surface area (Å²) >= 11 is 0. The highest BCUT2D eigenvalue weighted by atomic mass is 16.5. The normalized spacial score (nSPS) is 11.7. The predicted molar refractivity (Wildman–Crippen MR) is 104 cm³/mol. The maximum absolute atomic E-state index is 12.2. The van der Waals surface area contributed by atoms with Crippen molar-refractivity contribution < 1.29 is 14.3 Å². The van der Waals surface area contributed by atoms with Gasteiger partial charge in [0.15, 0.2) is 0 Å². The quantitative estimate of drug-likeness (QED) is 0.601. The van der Waals surface area contributed by atoms with Crippen molar-refractivity contribution >= 4 is 22.9 Å². The molecule has 0 unspecified atom stereocenters. The number of carbonyl (C=O) groups is 2. The number of fused-ring (bicyclic) bond motifs is 1. The SMILES string of the molecule is C[C@H](NC(=O)OCc1ccccc1)C(=O)NCCc1c[nH]c2ccccc12. The third kappa shape index (κ3) is 5.10. The zero-order chi connectivity index (χ0) is 19.1. The van der Waals surface area contributed by atoms with E-state index in [0.29, 0.717) is 13.0 Å². The average molecular weight is 365 g/mol. The molecule has 1 aromatic heterocycles. The minimum atomic E-state index is -0.670. The number of aromatic nitrogens is 1. The van der Waals surface area contributed by atoms with Crippen molar-refractivity contribution in [3.8, 4) is 0 Å². The first-order valence-electron chi connectivity index (χ1n) is 8.93. The molecule has 6 heteroatoms. The van der Waals surface area contributed by atoms with Crippen LogP contribution in [-0.2, 0) is 22.6 Å². The fraction of sp³-hybridized carbons (Fsp3) is 0.238. The molecule has 2 amide bonds. The van der Waals surface area contributed by atoms with E-state index in [2.05, 4.69) is 21.7 Å². The van der Waals surface area contributed by atoms with Crippen LogP contribution in [-0.4, -0.2) is 29.6 Å². The number of amides is 2. The van der Waals surface area contributed by atoms with Crippen LogP contribution in [0.1, 0.15) is 18.1 Å². The lowest BCUT2D eigenvalue weighted by molar-refractivity contribution is -0.122. The Bertz CT molecular complexity index is 905. The molecule has 0 saturated heterocycles. The summed E-state index contributed by atoms with van der Waals surface area (Å²) in [4.78, 5) is 27.2. The molecule has 3 aromatic rings. The van der Waals surface area contributed by atoms with Crippen molar-refractivity contribution in [1.82, 2.24) is 15.6 Å². The molecule has 0 fully saturated rings. The summed E-state index contributed by atoms with van der Waals surface area (Å²) in [5.41, 5.74) is 3.12. The zero-order valence-corrected chi connectivity index (χ0v) is 15.2. The Kier molecular flexibility index (Phi) is 6.10. The van der Waals surface area contributed by atoms with Gasteiger partial charge in [0.1, 0.15) is 12.6 Å². The van der Waals surface area contributed by atoms with Crippen molar-refractivity contribution in [1.29, 1.82) is 0 Å². The minimum Gasteiger partial charge on any atom is -0.445 e. The molecule has 3 rings (SSSR count). The Morgan fingerprint density at radius 1 is 1.07 bits per heavy atom. The fourth-order valence-corrected chi connectivity index (χ4v) is 2.82. The molecule has 27 heavy (non-hydrogen) atoms. The molecule has 0 aliphatic rings. The van der Waals surface area contributed by atoms with Crippen LogP contribution >= 0.6 is 0 Å². The van der Waals surface area contributed by atoms with Gasteiger partial charge in [-0.25, -0.2) is 4.79 Å². The summed E-state index contributed by atoms with van der Waals surface area (Å²) in [6, 6.07) is 16.8. The Balaban J connectivity index is 1.40. The molecule has 0 spiro atoms. The maximum Gasteiger partial charge on any atom is 0.408 e. The van der Waals surface area contributed by atoms with Crippen molar-refractivity contribution in [3.05, 3.63) is 71.9 Å². The Morgan fingerprint density at radius 2 is 1.81 bits per heavy atom. The van der Waals surface area contributed by atoms with E-state index in [4.69, 9.17) is 4.74 Å². The van der Waals surface area contributed by atoms with Crippen LogP contribution in [0, 0.1) is 0 Å². The number of rotatable bonds is 7. The number of benzene rings is 2. The highest BCUT2D eigenvalue weighted by molar-refractivity contribution is 5.85. The smallest absolute Gasteiger partial charge is 0.408 e. The molecule has 0 aliphatic carbocycles. The van der Waals surface area contributed by atoms with Gasteiger partial charge in [0.2, 0.25) is 5.91 Å². The van der Waals surface area contributed by atoms with E-state index in [0.717, 1.165) is 22.0 Å². The second-order valence-electron chi connectivity index (χ2n) is 6.33. The first-order chi connectivity index (χ1) is 13.1. The monoisotopic (exact) mass is 365 g/mol. The number of hydrogen-bond acceptors (Lipinski definition) is 3. The third-order valence-electron chi connectivity index (χ3n) is 4.31. The predicted octanol–water partition coefficient (Wildman–Crippen LogP) is 3.14. The summed E-state index contributed by atoms with van der Waals surface area (Å²) in [6.07, 6.45) is 2.05. The van der Waals surface area contributed by atoms with Crippen LogP contribution in [0.4, 0.5) is 4.79 Å². The Morgan fingerprint density at radius 3 is 2.63 bits per heavy atom. The van der Waals surface area contributed by atoms with E-state index in [1.54, 1.807) is 6.92 Å². The lowest BCUT2D eigenvalue weighted by Crippen LogP contribution is -2.45. The highest BCUT2D eigenvalue weighted by Gasteiger charge is 2.16. The van der Waals surface area contributed by atoms with E-state index in [-0.39, 0.29) is 12.5 Å². The van der Waals surface area contributed by atoms with Gasteiger partial charge in [0.05, 0.1) is 0 Å². The Labute approximate surface area is 157 Å². The first-order valence-corrected chi connectivity index (χ1v) is 8.93. The molecule has 0 radical (unpaired) electrons. The number of aromatic amines is 1. The lowest BCUT2D eigenvalue weighted by atomic mass is 10.1. The van der Waals surface area contributed by atoms with E-state index in [9.17, 15) is 9.59 Å². The van der Waals surface area contributed by atoms with Crippen molar-refractivity contribution in [2.45, 2.75) is 26.0 Å². The summed E-state index contributed by atoms with van der Waals surface area (Å²) < 4.78 is 5.13. The number of carbonyl (C=O) groups excluding carboxylic acids is 2. The van der Waals surface area contributed by atoms with E-state index < -0.39 is 12.1 Å². The van der Waals surface area contributed by atoms with Gasteiger partial charge in [-0.1, -0.05) is 48.5 Å². The summed E-state index contributed by atoms with van der Waals surface area (Å²) in [7, 11) is 0. The Hall–Kier alpha value is -3.28. The number of hydrogen-bond donors (Lipinski definition) is 3. The standard InChI is InChI=1S/C21H23N3O3/c1-15(24-21(26)27-14-16-7-3-2-4-8-16)20(25)22-12-11-17-13-23-19-10-6-5-9-18(17)19/h2-10,13,15,23H,11-12,14H2,1H3,(H,22,25)(H,24,26)/t15-/m0/s1. The minimum absolute atomic E-state index is 0.168. The van der Waals surface area contributed by atoms with Crippen molar-refractivity contribution in [2.24, 2.45) is 0 Å². The number of H-pyrrole nitrogens is 1. The van der Waals surface area contributed by atoms with E-state index in [1.165, 1.54) is 0 Å². The topological polar surface area (TPSA) is 83.2 Å². The highest BCUT2D eigenvalue weighted by Crippen LogP contribution is 2.17. The average Bonchev–Trinajstić information content (AvgIpc) is 3.10. The molecule has 0 saturated carbocycles. The number of alkyl carbamates (subject to hydrolysis) is 1. The van der Waals surface area contributed by atoms with Crippen molar-refractivity contribution in [2.75, 3.05) is 6.54 Å².